The van der Waals surface area contributed by atoms with E-state index < -0.39 is 0 Å². The normalized spacial score (nSPS) is 10.3. The summed E-state index contributed by atoms with van der Waals surface area (Å²) in [6, 6.07) is 9.91. The Morgan fingerprint density at radius 1 is 0.957 bits per heavy atom. The molecular weight excluding hydrogens is 337 g/mol. The van der Waals surface area contributed by atoms with Gasteiger partial charge in [-0.3, -0.25) is 4.79 Å². The minimum absolute atomic E-state index is 0.305. The second-order valence-electron chi connectivity index (χ2n) is 4.64. The number of hydrogen-bond acceptors (Lipinski definition) is 3. The molecule has 0 unspecified atom stereocenters. The molecule has 0 fully saturated rings. The highest BCUT2D eigenvalue weighted by Gasteiger charge is 2.11. The van der Waals surface area contributed by atoms with E-state index in [1.807, 2.05) is 13.8 Å². The molecule has 2 rings (SSSR count). The van der Waals surface area contributed by atoms with Gasteiger partial charge in [0, 0.05) is 27.4 Å². The topological polar surface area (TPSA) is 47.6 Å². The van der Waals surface area contributed by atoms with Gasteiger partial charge in [0.15, 0.2) is 11.5 Å². The fourth-order valence-corrected chi connectivity index (χ4v) is 2.54. The van der Waals surface area contributed by atoms with E-state index in [0.29, 0.717) is 46.0 Å². The van der Waals surface area contributed by atoms with Gasteiger partial charge in [0.1, 0.15) is 0 Å². The average Bonchev–Trinajstić information content (AvgIpc) is 2.49. The number of carbonyl (C=O) groups excluding carboxylic acids is 1. The lowest BCUT2D eigenvalue weighted by Crippen LogP contribution is -2.12. The van der Waals surface area contributed by atoms with Gasteiger partial charge in [-0.1, -0.05) is 23.2 Å². The number of carbonyl (C=O) groups is 1. The van der Waals surface area contributed by atoms with Crippen molar-refractivity contribution in [3.8, 4) is 11.5 Å². The lowest BCUT2D eigenvalue weighted by Gasteiger charge is -2.13. The highest BCUT2D eigenvalue weighted by atomic mass is 35.5. The summed E-state index contributed by atoms with van der Waals surface area (Å²) in [4.78, 5) is 12.3. The summed E-state index contributed by atoms with van der Waals surface area (Å²) in [6.07, 6.45) is 0. The number of amides is 1. The highest BCUT2D eigenvalue weighted by Crippen LogP contribution is 2.31. The molecule has 0 radical (unpaired) electrons. The summed E-state index contributed by atoms with van der Waals surface area (Å²) >= 11 is 11.8. The summed E-state index contributed by atoms with van der Waals surface area (Å²) in [5.41, 5.74) is 0.979. The van der Waals surface area contributed by atoms with Crippen molar-refractivity contribution in [3.63, 3.8) is 0 Å². The molecule has 0 heterocycles. The summed E-state index contributed by atoms with van der Waals surface area (Å²) in [7, 11) is 0. The third-order valence-electron chi connectivity index (χ3n) is 2.93. The zero-order valence-corrected chi connectivity index (χ0v) is 14.4. The van der Waals surface area contributed by atoms with Crippen LogP contribution >= 0.6 is 23.2 Å². The Hall–Kier alpha value is -1.91. The minimum atomic E-state index is -0.305. The predicted octanol–water partition coefficient (Wildman–Crippen LogP) is 5.04. The summed E-state index contributed by atoms with van der Waals surface area (Å²) in [5.74, 6) is 0.912. The quantitative estimate of drug-likeness (QED) is 0.790. The number of hydrogen-bond donors (Lipinski definition) is 1. The van der Waals surface area contributed by atoms with Crippen molar-refractivity contribution < 1.29 is 14.3 Å². The maximum atomic E-state index is 12.3. The van der Waals surface area contributed by atoms with Crippen LogP contribution in [0.5, 0.6) is 11.5 Å². The van der Waals surface area contributed by atoms with Crippen LogP contribution in [0.2, 0.25) is 10.0 Å². The van der Waals surface area contributed by atoms with Gasteiger partial charge >= 0.3 is 0 Å². The summed E-state index contributed by atoms with van der Waals surface area (Å²) in [6.45, 7) is 4.82. The molecular formula is C17H17Cl2NO3. The van der Waals surface area contributed by atoms with E-state index in [0.717, 1.165) is 0 Å². The minimum Gasteiger partial charge on any atom is -0.490 e. The third-order valence-corrected chi connectivity index (χ3v) is 3.36. The lowest BCUT2D eigenvalue weighted by molar-refractivity contribution is 0.102. The molecule has 0 spiro atoms. The van der Waals surface area contributed by atoms with Crippen LogP contribution in [0, 0.1) is 0 Å². The first-order chi connectivity index (χ1) is 11.0. The molecule has 0 saturated heterocycles. The molecule has 0 atom stereocenters. The Bertz CT molecular complexity index is 684. The number of benzene rings is 2. The molecule has 4 nitrogen and oxygen atoms in total. The average molecular weight is 354 g/mol. The highest BCUT2D eigenvalue weighted by molar-refractivity contribution is 6.35. The van der Waals surface area contributed by atoms with Gasteiger partial charge in [-0.15, -0.1) is 0 Å². The van der Waals surface area contributed by atoms with Crippen LogP contribution in [0.1, 0.15) is 24.2 Å². The first-order valence-corrected chi connectivity index (χ1v) is 7.96. The van der Waals surface area contributed by atoms with Crippen LogP contribution in [0.15, 0.2) is 36.4 Å². The predicted molar refractivity (Wildman–Crippen MR) is 93.2 cm³/mol. The molecule has 0 saturated carbocycles. The van der Waals surface area contributed by atoms with Crippen LogP contribution in [-0.2, 0) is 0 Å². The second kappa shape index (κ2) is 8.09. The van der Waals surface area contributed by atoms with E-state index in [4.69, 9.17) is 32.7 Å². The molecule has 2 aromatic carbocycles. The molecule has 0 aromatic heterocycles. The van der Waals surface area contributed by atoms with Gasteiger partial charge in [0.05, 0.1) is 13.2 Å². The van der Waals surface area contributed by atoms with E-state index in [9.17, 15) is 4.79 Å². The molecule has 23 heavy (non-hydrogen) atoms. The molecule has 1 amide bonds. The maximum Gasteiger partial charge on any atom is 0.255 e. The van der Waals surface area contributed by atoms with E-state index >= 15 is 0 Å². The number of anilines is 1. The van der Waals surface area contributed by atoms with Crippen LogP contribution < -0.4 is 14.8 Å². The molecule has 6 heteroatoms. The molecule has 2 aromatic rings. The van der Waals surface area contributed by atoms with Gasteiger partial charge in [0.2, 0.25) is 0 Å². The lowest BCUT2D eigenvalue weighted by atomic mass is 10.2. The smallest absolute Gasteiger partial charge is 0.255 e. The second-order valence-corrected chi connectivity index (χ2v) is 5.51. The Kier molecular flexibility index (Phi) is 6.13. The van der Waals surface area contributed by atoms with Crippen molar-refractivity contribution in [1.82, 2.24) is 0 Å². The van der Waals surface area contributed by atoms with Gasteiger partial charge in [-0.25, -0.2) is 0 Å². The number of nitrogens with one attached hydrogen (secondary N) is 1. The third kappa shape index (κ3) is 4.78. The van der Waals surface area contributed by atoms with Gasteiger partial charge in [0.25, 0.3) is 5.91 Å². The largest absolute Gasteiger partial charge is 0.490 e. The fourth-order valence-electron chi connectivity index (χ4n) is 2.02. The van der Waals surface area contributed by atoms with Crippen LogP contribution in [0.25, 0.3) is 0 Å². The van der Waals surface area contributed by atoms with Crippen molar-refractivity contribution in [3.05, 3.63) is 52.0 Å². The van der Waals surface area contributed by atoms with Crippen molar-refractivity contribution in [1.29, 1.82) is 0 Å². The van der Waals surface area contributed by atoms with Gasteiger partial charge in [-0.05, 0) is 44.2 Å². The van der Waals surface area contributed by atoms with E-state index in [1.54, 1.807) is 36.4 Å². The standard InChI is InChI=1S/C17H17Cl2NO3/c1-3-22-15-6-5-14(10-16(15)23-4-2)20-17(21)11-7-12(18)9-13(19)8-11/h5-10H,3-4H2,1-2H3,(H,20,21). The Morgan fingerprint density at radius 3 is 2.17 bits per heavy atom. The van der Waals surface area contributed by atoms with E-state index in [1.165, 1.54) is 0 Å². The molecule has 1 N–H and O–H groups in total. The number of halogens is 2. The first kappa shape index (κ1) is 17.4. The molecule has 0 aliphatic carbocycles. The van der Waals surface area contributed by atoms with Crippen LogP contribution in [0.4, 0.5) is 5.69 Å². The van der Waals surface area contributed by atoms with Gasteiger partial charge < -0.3 is 14.8 Å². The van der Waals surface area contributed by atoms with Crippen LogP contribution in [0.3, 0.4) is 0 Å². The van der Waals surface area contributed by atoms with Crippen molar-refractivity contribution in [2.75, 3.05) is 18.5 Å². The monoisotopic (exact) mass is 353 g/mol. The van der Waals surface area contributed by atoms with Gasteiger partial charge in [-0.2, -0.15) is 0 Å². The zero-order valence-electron chi connectivity index (χ0n) is 12.9. The van der Waals surface area contributed by atoms with Crippen molar-refractivity contribution >= 4 is 34.8 Å². The van der Waals surface area contributed by atoms with Crippen molar-refractivity contribution in [2.24, 2.45) is 0 Å². The molecule has 0 bridgehead atoms. The number of rotatable bonds is 6. The SMILES string of the molecule is CCOc1ccc(NC(=O)c2cc(Cl)cc(Cl)c2)cc1OCC. The molecule has 0 aliphatic rings. The Morgan fingerprint density at radius 2 is 1.57 bits per heavy atom. The first-order valence-electron chi connectivity index (χ1n) is 7.20. The van der Waals surface area contributed by atoms with Crippen molar-refractivity contribution in [2.45, 2.75) is 13.8 Å². The summed E-state index contributed by atoms with van der Waals surface area (Å²) < 4.78 is 11.0. The summed E-state index contributed by atoms with van der Waals surface area (Å²) in [5, 5.41) is 3.60. The Balaban J connectivity index is 2.21. The fraction of sp³-hybridized carbons (Fsp3) is 0.235. The molecule has 0 aliphatic heterocycles. The van der Waals surface area contributed by atoms with Crippen LogP contribution in [-0.4, -0.2) is 19.1 Å². The Labute approximate surface area is 145 Å². The maximum absolute atomic E-state index is 12.3. The van der Waals surface area contributed by atoms with E-state index in [-0.39, 0.29) is 5.91 Å². The van der Waals surface area contributed by atoms with E-state index in [2.05, 4.69) is 5.32 Å². The zero-order chi connectivity index (χ0) is 16.8. The number of ether oxygens (including phenoxy) is 2. The molecule has 122 valence electrons.